The van der Waals surface area contributed by atoms with Crippen molar-refractivity contribution in [1.82, 2.24) is 5.32 Å². The number of alkyl halides is 3. The van der Waals surface area contributed by atoms with Crippen molar-refractivity contribution < 1.29 is 18.0 Å². The Bertz CT molecular complexity index is 525. The summed E-state index contributed by atoms with van der Waals surface area (Å²) < 4.78 is 39.1. The molecule has 1 aromatic rings. The standard InChI is InChI=1S/C14H18F3N3O/c1-20(8-9-3-2-6-19-9)10-4-5-11(13(18)21)12(7-10)14(15,16)17/h4-5,7,9,19H,2-3,6,8H2,1H3,(H2,18,21). The molecule has 1 amide bonds. The minimum Gasteiger partial charge on any atom is -0.373 e. The second-order valence-corrected chi connectivity index (χ2v) is 5.27. The van der Waals surface area contributed by atoms with Crippen LogP contribution in [0, 0.1) is 0 Å². The number of nitrogens with one attached hydrogen (secondary N) is 1. The molecule has 0 aromatic heterocycles. The van der Waals surface area contributed by atoms with Crippen molar-refractivity contribution in [3.63, 3.8) is 0 Å². The van der Waals surface area contributed by atoms with E-state index >= 15 is 0 Å². The fraction of sp³-hybridized carbons (Fsp3) is 0.500. The SMILES string of the molecule is CN(CC1CCCN1)c1ccc(C(N)=O)c(C(F)(F)F)c1. The molecule has 0 bridgehead atoms. The van der Waals surface area contributed by atoms with Gasteiger partial charge >= 0.3 is 6.18 Å². The minimum atomic E-state index is -4.60. The van der Waals surface area contributed by atoms with Gasteiger partial charge in [-0.25, -0.2) is 0 Å². The van der Waals surface area contributed by atoms with Crippen LogP contribution in [0.2, 0.25) is 0 Å². The second-order valence-electron chi connectivity index (χ2n) is 5.27. The maximum Gasteiger partial charge on any atom is 0.417 e. The number of carbonyl (C=O) groups is 1. The van der Waals surface area contributed by atoms with Crippen LogP contribution in [0.5, 0.6) is 0 Å². The number of nitrogens with zero attached hydrogens (tertiary/aromatic N) is 1. The molecule has 1 aromatic carbocycles. The molecule has 1 aliphatic heterocycles. The molecule has 3 N–H and O–H groups in total. The normalized spacial score (nSPS) is 18.8. The van der Waals surface area contributed by atoms with Gasteiger partial charge in [-0.15, -0.1) is 0 Å². The predicted molar refractivity (Wildman–Crippen MR) is 74.3 cm³/mol. The van der Waals surface area contributed by atoms with Gasteiger partial charge in [0.2, 0.25) is 5.91 Å². The molecule has 1 aliphatic rings. The molecule has 1 saturated heterocycles. The number of rotatable bonds is 4. The molecule has 1 unspecified atom stereocenters. The number of likely N-dealkylation sites (N-methyl/N-ethyl adjacent to an activating group) is 1. The van der Waals surface area contributed by atoms with Crippen molar-refractivity contribution >= 4 is 11.6 Å². The highest BCUT2D eigenvalue weighted by molar-refractivity contribution is 5.95. The van der Waals surface area contributed by atoms with Gasteiger partial charge in [-0.1, -0.05) is 0 Å². The summed E-state index contributed by atoms with van der Waals surface area (Å²) in [7, 11) is 1.74. The van der Waals surface area contributed by atoms with Crippen LogP contribution in [0.15, 0.2) is 18.2 Å². The Morgan fingerprint density at radius 3 is 2.71 bits per heavy atom. The fourth-order valence-electron chi connectivity index (χ4n) is 2.57. The Labute approximate surface area is 121 Å². The molecular weight excluding hydrogens is 283 g/mol. The van der Waals surface area contributed by atoms with E-state index in [0.29, 0.717) is 12.2 Å². The van der Waals surface area contributed by atoms with E-state index < -0.39 is 23.2 Å². The zero-order valence-electron chi connectivity index (χ0n) is 11.7. The molecule has 21 heavy (non-hydrogen) atoms. The molecule has 1 fully saturated rings. The lowest BCUT2D eigenvalue weighted by molar-refractivity contribution is -0.137. The van der Waals surface area contributed by atoms with Crippen LogP contribution in [0.3, 0.4) is 0 Å². The fourth-order valence-corrected chi connectivity index (χ4v) is 2.57. The molecule has 1 atom stereocenters. The first-order valence-corrected chi connectivity index (χ1v) is 6.74. The predicted octanol–water partition coefficient (Wildman–Crippen LogP) is 1.99. The van der Waals surface area contributed by atoms with Gasteiger partial charge in [0.25, 0.3) is 0 Å². The van der Waals surface area contributed by atoms with E-state index in [1.807, 2.05) is 0 Å². The number of amides is 1. The smallest absolute Gasteiger partial charge is 0.373 e. The number of benzene rings is 1. The molecule has 0 spiro atoms. The molecular formula is C14H18F3N3O. The van der Waals surface area contributed by atoms with E-state index in [1.54, 1.807) is 11.9 Å². The van der Waals surface area contributed by atoms with E-state index in [9.17, 15) is 18.0 Å². The number of carbonyl (C=O) groups excluding carboxylic acids is 1. The van der Waals surface area contributed by atoms with Gasteiger partial charge in [-0.2, -0.15) is 13.2 Å². The second kappa shape index (κ2) is 5.93. The first kappa shape index (κ1) is 15.6. The lowest BCUT2D eigenvalue weighted by Gasteiger charge is -2.24. The maximum atomic E-state index is 13.0. The minimum absolute atomic E-state index is 0.278. The molecule has 1 heterocycles. The van der Waals surface area contributed by atoms with Crippen LogP contribution in [-0.2, 0) is 6.18 Å². The molecule has 116 valence electrons. The summed E-state index contributed by atoms with van der Waals surface area (Å²) in [5.41, 5.74) is 3.94. The highest BCUT2D eigenvalue weighted by Gasteiger charge is 2.35. The lowest BCUT2D eigenvalue weighted by atomic mass is 10.0. The molecule has 7 heteroatoms. The quantitative estimate of drug-likeness (QED) is 0.894. The monoisotopic (exact) mass is 301 g/mol. The number of anilines is 1. The van der Waals surface area contributed by atoms with Crippen molar-refractivity contribution in [3.05, 3.63) is 29.3 Å². The number of halogens is 3. The van der Waals surface area contributed by atoms with Gasteiger partial charge in [0.15, 0.2) is 0 Å². The zero-order chi connectivity index (χ0) is 15.6. The van der Waals surface area contributed by atoms with Gasteiger partial charge in [0.05, 0.1) is 11.1 Å². The summed E-state index contributed by atoms with van der Waals surface area (Å²) in [6.07, 6.45) is -2.52. The third-order valence-corrected chi connectivity index (χ3v) is 3.67. The molecule has 0 radical (unpaired) electrons. The molecule has 4 nitrogen and oxygen atoms in total. The van der Waals surface area contributed by atoms with Crippen molar-refractivity contribution in [3.8, 4) is 0 Å². The Morgan fingerprint density at radius 1 is 1.48 bits per heavy atom. The van der Waals surface area contributed by atoms with Crippen LogP contribution in [0.25, 0.3) is 0 Å². The molecule has 2 rings (SSSR count). The number of hydrogen-bond donors (Lipinski definition) is 2. The Morgan fingerprint density at radius 2 is 2.19 bits per heavy atom. The average Bonchev–Trinajstić information content (AvgIpc) is 2.89. The molecule has 0 aliphatic carbocycles. The first-order valence-electron chi connectivity index (χ1n) is 6.74. The van der Waals surface area contributed by atoms with Gasteiger partial charge in [-0.05, 0) is 37.6 Å². The Balaban J connectivity index is 2.26. The van der Waals surface area contributed by atoms with Crippen LogP contribution >= 0.6 is 0 Å². The Kier molecular flexibility index (Phi) is 4.41. The highest BCUT2D eigenvalue weighted by atomic mass is 19.4. The third kappa shape index (κ3) is 3.66. The topological polar surface area (TPSA) is 58.4 Å². The highest BCUT2D eigenvalue weighted by Crippen LogP contribution is 2.34. The van der Waals surface area contributed by atoms with Gasteiger partial charge in [-0.3, -0.25) is 4.79 Å². The summed E-state index contributed by atoms with van der Waals surface area (Å²) >= 11 is 0. The van der Waals surface area contributed by atoms with E-state index in [0.717, 1.165) is 31.5 Å². The van der Waals surface area contributed by atoms with Gasteiger partial charge in [0.1, 0.15) is 0 Å². The van der Waals surface area contributed by atoms with Gasteiger partial charge < -0.3 is 16.0 Å². The maximum absolute atomic E-state index is 13.0. The number of primary amides is 1. The van der Waals surface area contributed by atoms with E-state index in [2.05, 4.69) is 5.32 Å². The Hall–Kier alpha value is -1.76. The summed E-state index contributed by atoms with van der Waals surface area (Å²) in [5.74, 6) is -1.08. The zero-order valence-corrected chi connectivity index (χ0v) is 11.7. The van der Waals surface area contributed by atoms with Crippen molar-refractivity contribution in [1.29, 1.82) is 0 Å². The van der Waals surface area contributed by atoms with Gasteiger partial charge in [0, 0.05) is 25.3 Å². The average molecular weight is 301 g/mol. The summed E-state index contributed by atoms with van der Waals surface area (Å²) in [6, 6.07) is 3.89. The van der Waals surface area contributed by atoms with Crippen molar-refractivity contribution in [2.24, 2.45) is 5.73 Å². The first-order chi connectivity index (χ1) is 9.79. The summed E-state index contributed by atoms with van der Waals surface area (Å²) in [6.45, 7) is 1.56. The van der Waals surface area contributed by atoms with Crippen LogP contribution in [0.1, 0.15) is 28.8 Å². The third-order valence-electron chi connectivity index (χ3n) is 3.67. The van der Waals surface area contributed by atoms with Crippen molar-refractivity contribution in [2.45, 2.75) is 25.1 Å². The van der Waals surface area contributed by atoms with Crippen LogP contribution < -0.4 is 16.0 Å². The number of nitrogens with two attached hydrogens (primary N) is 1. The van der Waals surface area contributed by atoms with E-state index in [-0.39, 0.29) is 6.04 Å². The number of hydrogen-bond acceptors (Lipinski definition) is 3. The van der Waals surface area contributed by atoms with Crippen LogP contribution in [0.4, 0.5) is 18.9 Å². The van der Waals surface area contributed by atoms with E-state index in [4.69, 9.17) is 5.73 Å². The summed E-state index contributed by atoms with van der Waals surface area (Å²) in [5, 5.41) is 3.29. The summed E-state index contributed by atoms with van der Waals surface area (Å²) in [4.78, 5) is 12.9. The van der Waals surface area contributed by atoms with E-state index in [1.165, 1.54) is 6.07 Å². The van der Waals surface area contributed by atoms with Crippen molar-refractivity contribution in [2.75, 3.05) is 25.0 Å². The molecule has 0 saturated carbocycles. The van der Waals surface area contributed by atoms with Crippen LogP contribution in [-0.4, -0.2) is 32.1 Å². The largest absolute Gasteiger partial charge is 0.417 e. The lowest BCUT2D eigenvalue weighted by Crippen LogP contribution is -2.35.